The van der Waals surface area contributed by atoms with Crippen LogP contribution in [0.5, 0.6) is 28.7 Å². The smallest absolute Gasteiger partial charge is 0.164 e. The number of ether oxygens (including phenoxy) is 2. The summed E-state index contributed by atoms with van der Waals surface area (Å²) in [5.41, 5.74) is 5.96. The van der Waals surface area contributed by atoms with Gasteiger partial charge in [-0.05, 0) is 155 Å². The van der Waals surface area contributed by atoms with Gasteiger partial charge in [-0.15, -0.1) is 0 Å². The zero-order chi connectivity index (χ0) is 57.9. The molecule has 0 amide bonds. The molecule has 12 atom stereocenters. The van der Waals surface area contributed by atoms with E-state index in [-0.39, 0.29) is 58.7 Å². The van der Waals surface area contributed by atoms with E-state index in [1.807, 2.05) is 42.7 Å². The predicted molar refractivity (Wildman–Crippen MR) is 342 cm³/mol. The Morgan fingerprint density at radius 2 is 1.67 bits per heavy atom. The highest BCUT2D eigenvalue weighted by Gasteiger charge is 2.63. The molecule has 0 unspecified atom stereocenters. The van der Waals surface area contributed by atoms with Crippen LogP contribution in [0.3, 0.4) is 0 Å². The van der Waals surface area contributed by atoms with Crippen LogP contribution in [0, 0.1) is 29.1 Å². The van der Waals surface area contributed by atoms with Crippen LogP contribution in [0.4, 0.5) is 0 Å². The lowest BCUT2D eigenvalue weighted by molar-refractivity contribution is -0.150. The molecule has 6 aromatic rings. The van der Waals surface area contributed by atoms with E-state index in [2.05, 4.69) is 71.9 Å². The molecule has 3 saturated carbocycles. The van der Waals surface area contributed by atoms with Crippen LogP contribution in [-0.2, 0) is 41.4 Å². The number of aromatic hydroxyl groups is 3. The Bertz CT molecular complexity index is 3500. The van der Waals surface area contributed by atoms with E-state index in [1.165, 1.54) is 0 Å². The maximum atomic E-state index is 17.8. The topological polar surface area (TPSA) is 185 Å². The molecular weight excluding hydrogens is 1130 g/mol. The molecule has 3 fully saturated rings. The Balaban J connectivity index is 1.03. The van der Waals surface area contributed by atoms with E-state index < -0.39 is 46.8 Å². The Hall–Kier alpha value is -4.97. The van der Waals surface area contributed by atoms with E-state index >= 15 is 4.79 Å². The molecule has 0 radical (unpaired) electrons. The number of hydrogen-bond donors (Lipinski definition) is 8. The van der Waals surface area contributed by atoms with Crippen molar-refractivity contribution in [1.29, 1.82) is 0 Å². The zero-order valence-corrected chi connectivity index (χ0v) is 51.2. The monoisotopic (exact) mass is 1210 g/mol. The zero-order valence-electron chi connectivity index (χ0n) is 47.9. The summed E-state index contributed by atoms with van der Waals surface area (Å²) in [7, 11) is 8.19. The van der Waals surface area contributed by atoms with Crippen molar-refractivity contribution in [3.8, 4) is 28.7 Å². The van der Waals surface area contributed by atoms with Crippen molar-refractivity contribution in [1.82, 2.24) is 10.3 Å². The molecule has 0 saturated heterocycles. The molecular formula is C69H78N2O9S4. The van der Waals surface area contributed by atoms with Crippen molar-refractivity contribution in [2.24, 2.45) is 29.1 Å². The van der Waals surface area contributed by atoms with Gasteiger partial charge < -0.3 is 50.4 Å². The van der Waals surface area contributed by atoms with E-state index in [9.17, 15) is 30.6 Å². The fraction of sp³-hybridized carbons (Fsp3) is 0.464. The third kappa shape index (κ3) is 9.90. The Morgan fingerprint density at radius 3 is 2.50 bits per heavy atom. The first kappa shape index (κ1) is 58.1. The number of hydrogen-bond acceptors (Lipinski definition) is 14. The minimum Gasteiger partial charge on any atom is -0.507 e. The molecule has 3 aliphatic heterocycles. The van der Waals surface area contributed by atoms with Gasteiger partial charge in [0.25, 0.3) is 0 Å². The summed E-state index contributed by atoms with van der Waals surface area (Å²) < 4.78 is 13.0. The number of Topliss-reactive ketones (excluding diaryl/α,β-unsaturated/α-hetero) is 1. The van der Waals surface area contributed by atoms with Crippen LogP contribution in [0.1, 0.15) is 132 Å². The molecule has 5 aromatic carbocycles. The van der Waals surface area contributed by atoms with Gasteiger partial charge in [0.05, 0.1) is 42.1 Å². The number of nitrogens with one attached hydrogen (secondary N) is 2. The third-order valence-electron chi connectivity index (χ3n) is 20.7. The highest BCUT2D eigenvalue weighted by atomic mass is 33.1. The van der Waals surface area contributed by atoms with E-state index in [4.69, 9.17) is 9.47 Å². The minimum atomic E-state index is -1.76. The maximum absolute atomic E-state index is 17.8. The van der Waals surface area contributed by atoms with Crippen LogP contribution in [0.25, 0.3) is 16.8 Å². The van der Waals surface area contributed by atoms with Gasteiger partial charge in [-0.1, -0.05) is 142 Å². The van der Waals surface area contributed by atoms with Crippen LogP contribution >= 0.6 is 43.2 Å². The average Bonchev–Trinajstić information content (AvgIpc) is 0.773. The molecule has 15 heteroatoms. The second-order valence-corrected chi connectivity index (χ2v) is 30.1. The molecule has 4 heterocycles. The van der Waals surface area contributed by atoms with Crippen molar-refractivity contribution in [3.05, 3.63) is 165 Å². The molecule has 7 aliphatic rings. The Morgan fingerprint density at radius 1 is 0.833 bits per heavy atom. The second-order valence-electron chi connectivity index (χ2n) is 24.9. The molecule has 1 aromatic heterocycles. The lowest BCUT2D eigenvalue weighted by Gasteiger charge is -2.57. The number of carbonyl (C=O) groups is 1. The fourth-order valence-electron chi connectivity index (χ4n) is 16.6. The van der Waals surface area contributed by atoms with E-state index in [0.717, 1.165) is 119 Å². The van der Waals surface area contributed by atoms with Crippen LogP contribution < -0.4 is 14.8 Å². The van der Waals surface area contributed by atoms with Gasteiger partial charge in [-0.2, -0.15) is 0 Å². The molecule has 2 bridgehead atoms. The lowest BCUT2D eigenvalue weighted by atomic mass is 9.51. The summed E-state index contributed by atoms with van der Waals surface area (Å²) in [6, 6.07) is 25.6. The summed E-state index contributed by atoms with van der Waals surface area (Å²) >= 11 is 0. The van der Waals surface area contributed by atoms with E-state index in [0.29, 0.717) is 59.9 Å². The molecule has 8 N–H and O–H groups in total. The number of ketones is 1. The summed E-state index contributed by atoms with van der Waals surface area (Å²) in [4.78, 5) is 21.0. The van der Waals surface area contributed by atoms with Gasteiger partial charge in [0.2, 0.25) is 0 Å². The van der Waals surface area contributed by atoms with Gasteiger partial charge in [0.15, 0.2) is 28.8 Å². The van der Waals surface area contributed by atoms with Crippen molar-refractivity contribution in [3.63, 3.8) is 0 Å². The standard InChI is InChI=1S/C69H78N2O9S4/c1-3-41-14-15-42-11-8-12-50-60(36-72)84-83-38-47-31-61(76)69(54-39-82-81-37-45-10-4-5-13-58(45)80-59-30-44(54)17-18-55(59)73,48-32-53-49(57(75)33-48)20-25-67-22-6-7-24-68(53,67)71-26-9-23-67)66(78)63(47)64(77)46(28-40-21-27-70-35-40)29-43-16-19-56(74)65(79-2)52(43)34-51(41)62(42)50/h8-9,11-12,14-21,23,25,27,30,32-33,35,45-47,54,58,60-61,63-64,70-77H,3-7,10,13,22,24,26,28-29,31,34,36-39H2,1-2H3/t45-,46-,47+,54+,58+,60+,61+,63-,64+,67+,68-,69-/m1/s1. The summed E-state index contributed by atoms with van der Waals surface area (Å²) in [6.07, 6.45) is 19.8. The molecule has 13 rings (SSSR count). The minimum absolute atomic E-state index is 0.00383. The lowest BCUT2D eigenvalue weighted by Crippen LogP contribution is -2.63. The molecule has 11 nitrogen and oxygen atoms in total. The number of aliphatic hydroxyl groups excluding tert-OH is 3. The number of H-pyrrole nitrogens is 1. The molecule has 442 valence electrons. The number of aromatic nitrogens is 1. The molecule has 4 aliphatic carbocycles. The first-order chi connectivity index (χ1) is 40.9. The van der Waals surface area contributed by atoms with E-state index in [1.54, 1.807) is 68.5 Å². The molecule has 84 heavy (non-hydrogen) atoms. The van der Waals surface area contributed by atoms with Crippen molar-refractivity contribution < 1.29 is 44.9 Å². The number of benzene rings is 5. The fourth-order valence-corrected chi connectivity index (χ4v) is 22.3. The number of fused-ring (bicyclic) bond motifs is 6. The van der Waals surface area contributed by atoms with Crippen LogP contribution in [0.2, 0.25) is 0 Å². The number of phenols is 3. The van der Waals surface area contributed by atoms with Gasteiger partial charge in [-0.25, -0.2) is 0 Å². The van der Waals surface area contributed by atoms with Gasteiger partial charge in [0, 0.05) is 76.9 Å². The summed E-state index contributed by atoms with van der Waals surface area (Å²) in [5.74, 6) is -0.578. The highest BCUT2D eigenvalue weighted by Crippen LogP contribution is 2.62. The number of phenolic OH excluding ortho intramolecular Hbond substituents is 3. The highest BCUT2D eigenvalue weighted by molar-refractivity contribution is 8.77. The van der Waals surface area contributed by atoms with Crippen LogP contribution in [-0.4, -0.2) is 97.2 Å². The van der Waals surface area contributed by atoms with Crippen molar-refractivity contribution in [2.45, 2.75) is 131 Å². The summed E-state index contributed by atoms with van der Waals surface area (Å²) in [5, 5.41) is 81.4. The summed E-state index contributed by atoms with van der Waals surface area (Å²) in [6.45, 7) is 2.63. The van der Waals surface area contributed by atoms with Gasteiger partial charge >= 0.3 is 0 Å². The first-order valence-electron chi connectivity index (χ1n) is 30.5. The first-order valence-corrected chi connectivity index (χ1v) is 35.3. The quantitative estimate of drug-likeness (QED) is 0.0558. The number of methoxy groups -OCH3 is 1. The number of aryl methyl sites for hydroxylation is 1. The van der Waals surface area contributed by atoms with Gasteiger partial charge in [0.1, 0.15) is 11.9 Å². The second kappa shape index (κ2) is 24.0. The molecule has 0 spiro atoms. The predicted octanol–water partition coefficient (Wildman–Crippen LogP) is 13.2. The third-order valence-corrected chi connectivity index (χ3v) is 26.1. The van der Waals surface area contributed by atoms with Crippen molar-refractivity contribution >= 4 is 65.8 Å². The SMILES string of the molecule is CCc1ccc2cccc3c2c1Cc1c(ccc(O)c1OC)C[C@@H](Cc1cc[nH]c1)[C@H](O)[C@@H]1C(=O)[C@](c2cc(O)c4c(c2)[C@]25CCCC[C@]2(C=CCN5)C=C4)([C@H]2CSSC[C@H]4CCCC[C@@H]4Oc4cc2ccc4O)[C@@H](O)C[C@H]1CSS[C@H]3CO. The maximum Gasteiger partial charge on any atom is 0.164 e. The largest absolute Gasteiger partial charge is 0.507 e. The van der Waals surface area contributed by atoms with Crippen LogP contribution in [0.15, 0.2) is 109 Å². The normalized spacial score (nSPS) is 31.5. The number of aromatic amines is 1. The van der Waals surface area contributed by atoms with Crippen molar-refractivity contribution in [2.75, 3.05) is 37.5 Å². The average molecular weight is 1210 g/mol. The Labute approximate surface area is 509 Å². The number of carbonyl (C=O) groups excluding carboxylic acids is 1. The van der Waals surface area contributed by atoms with Gasteiger partial charge in [-0.3, -0.25) is 4.79 Å². The number of rotatable bonds is 7. The Kier molecular flexibility index (Phi) is 16.6. The number of aliphatic hydroxyl groups is 3.